The summed E-state index contributed by atoms with van der Waals surface area (Å²) in [6.07, 6.45) is 7.73. The monoisotopic (exact) mass is 562 g/mol. The molecule has 2 N–H and O–H groups in total. The van der Waals surface area contributed by atoms with Crippen LogP contribution in [0.1, 0.15) is 112 Å². The molecule has 2 aromatic carbocycles. The molecular weight excluding hydrogens is 521 g/mol. The number of hydrogen-bond donors (Lipinski definition) is 2. The van der Waals surface area contributed by atoms with Crippen LogP contribution in [0.25, 0.3) is 0 Å². The van der Waals surface area contributed by atoms with Crippen molar-refractivity contribution in [3.8, 4) is 0 Å². The number of carbonyl (C=O) groups is 3. The van der Waals surface area contributed by atoms with Crippen molar-refractivity contribution in [3.05, 3.63) is 65.2 Å². The summed E-state index contributed by atoms with van der Waals surface area (Å²) in [5.41, 5.74) is 0.116. The van der Waals surface area contributed by atoms with Crippen LogP contribution < -0.4 is 10.2 Å². The van der Waals surface area contributed by atoms with Gasteiger partial charge in [-0.2, -0.15) is 13.2 Å². The number of benzene rings is 2. The van der Waals surface area contributed by atoms with Gasteiger partial charge in [-0.15, -0.1) is 0 Å². The van der Waals surface area contributed by atoms with Gasteiger partial charge >= 0.3 is 18.1 Å². The van der Waals surface area contributed by atoms with Crippen molar-refractivity contribution in [1.29, 1.82) is 0 Å². The summed E-state index contributed by atoms with van der Waals surface area (Å²) in [4.78, 5) is 37.9. The third-order valence-corrected chi connectivity index (χ3v) is 6.95. The van der Waals surface area contributed by atoms with Crippen LogP contribution in [0.2, 0.25) is 0 Å². The van der Waals surface area contributed by atoms with E-state index in [-0.39, 0.29) is 18.0 Å². The van der Waals surface area contributed by atoms with Crippen LogP contribution in [-0.2, 0) is 15.8 Å². The topological polar surface area (TPSA) is 86.7 Å². The highest BCUT2D eigenvalue weighted by Gasteiger charge is 2.33. The van der Waals surface area contributed by atoms with E-state index in [4.69, 9.17) is 0 Å². The molecule has 40 heavy (non-hydrogen) atoms. The molecule has 0 aromatic heterocycles. The van der Waals surface area contributed by atoms with E-state index in [2.05, 4.69) is 12.2 Å². The van der Waals surface area contributed by atoms with E-state index in [1.165, 1.54) is 81.3 Å². The predicted octanol–water partition coefficient (Wildman–Crippen LogP) is 7.93. The average molecular weight is 563 g/mol. The molecular formula is C31H41F3N2O4. The van der Waals surface area contributed by atoms with Gasteiger partial charge in [-0.3, -0.25) is 14.5 Å². The number of carboxylic acid groups (broad SMARTS) is 1. The predicted molar refractivity (Wildman–Crippen MR) is 150 cm³/mol. The van der Waals surface area contributed by atoms with E-state index >= 15 is 0 Å². The first-order valence-electron chi connectivity index (χ1n) is 14.2. The fraction of sp³-hybridized carbons (Fsp3) is 0.516. The van der Waals surface area contributed by atoms with Crippen molar-refractivity contribution in [2.45, 2.75) is 96.7 Å². The fourth-order valence-electron chi connectivity index (χ4n) is 4.69. The molecule has 220 valence electrons. The highest BCUT2D eigenvalue weighted by Crippen LogP contribution is 2.34. The number of carboxylic acids is 1. The van der Waals surface area contributed by atoms with E-state index in [1.54, 1.807) is 6.92 Å². The normalized spacial score (nSPS) is 12.1. The van der Waals surface area contributed by atoms with Crippen molar-refractivity contribution >= 4 is 23.5 Å². The van der Waals surface area contributed by atoms with Gasteiger partial charge in [-0.25, -0.2) is 4.79 Å². The Balaban J connectivity index is 1.97. The number of alkyl halides is 3. The minimum Gasteiger partial charge on any atom is -0.474 e. The molecule has 0 aliphatic rings. The van der Waals surface area contributed by atoms with E-state index in [1.807, 2.05) is 0 Å². The summed E-state index contributed by atoms with van der Waals surface area (Å²) in [5, 5.41) is 12.3. The van der Waals surface area contributed by atoms with Crippen LogP contribution >= 0.6 is 0 Å². The van der Waals surface area contributed by atoms with Gasteiger partial charge in [0, 0.05) is 17.8 Å². The highest BCUT2D eigenvalue weighted by molar-refractivity contribution is 6.37. The van der Waals surface area contributed by atoms with Gasteiger partial charge in [0.1, 0.15) is 0 Å². The first-order valence-corrected chi connectivity index (χ1v) is 14.2. The number of rotatable bonds is 16. The number of carbonyl (C=O) groups excluding carboxylic acids is 2. The molecule has 2 rings (SSSR count). The number of unbranched alkanes of at least 4 members (excludes halogenated alkanes) is 9. The molecule has 0 fully saturated rings. The molecule has 9 heteroatoms. The first-order chi connectivity index (χ1) is 19.1. The number of aliphatic carboxylic acids is 1. The molecule has 0 saturated carbocycles. The molecule has 0 spiro atoms. The van der Waals surface area contributed by atoms with E-state index in [9.17, 15) is 32.7 Å². The zero-order valence-corrected chi connectivity index (χ0v) is 23.4. The van der Waals surface area contributed by atoms with Crippen LogP contribution in [0, 0.1) is 0 Å². The van der Waals surface area contributed by atoms with Gasteiger partial charge in [0.15, 0.2) is 0 Å². The number of halogens is 3. The fourth-order valence-corrected chi connectivity index (χ4v) is 4.69. The minimum atomic E-state index is -4.51. The van der Waals surface area contributed by atoms with Crippen LogP contribution in [0.4, 0.5) is 18.9 Å². The van der Waals surface area contributed by atoms with Crippen LogP contribution in [-0.4, -0.2) is 29.4 Å². The summed E-state index contributed by atoms with van der Waals surface area (Å²) in [5.74, 6) is -3.18. The van der Waals surface area contributed by atoms with Crippen molar-refractivity contribution in [3.63, 3.8) is 0 Å². The Hall–Kier alpha value is -3.36. The highest BCUT2D eigenvalue weighted by atomic mass is 19.4. The number of amides is 2. The van der Waals surface area contributed by atoms with Gasteiger partial charge in [0.05, 0.1) is 11.6 Å². The summed E-state index contributed by atoms with van der Waals surface area (Å²) in [6, 6.07) is 9.44. The Morgan fingerprint density at radius 3 is 1.80 bits per heavy atom. The lowest BCUT2D eigenvalue weighted by molar-refractivity contribution is -0.149. The van der Waals surface area contributed by atoms with Crippen LogP contribution in [0.5, 0.6) is 0 Å². The Labute approximate surface area is 235 Å². The summed E-state index contributed by atoms with van der Waals surface area (Å²) in [6.45, 7) is 4.47. The Morgan fingerprint density at radius 1 is 0.800 bits per heavy atom. The quantitative estimate of drug-likeness (QED) is 0.161. The molecule has 0 aliphatic heterocycles. The van der Waals surface area contributed by atoms with Crippen molar-refractivity contribution in [2.24, 2.45) is 0 Å². The van der Waals surface area contributed by atoms with E-state index in [0.29, 0.717) is 17.7 Å². The van der Waals surface area contributed by atoms with Gasteiger partial charge in [-0.1, -0.05) is 83.8 Å². The number of nitrogens with zero attached hydrogens (tertiary/aromatic N) is 1. The second kappa shape index (κ2) is 16.7. The molecule has 2 aromatic rings. The van der Waals surface area contributed by atoms with Gasteiger partial charge in [0.2, 0.25) is 0 Å². The van der Waals surface area contributed by atoms with E-state index in [0.717, 1.165) is 36.3 Å². The maximum absolute atomic E-state index is 13.0. The maximum Gasteiger partial charge on any atom is 0.416 e. The van der Waals surface area contributed by atoms with Gasteiger partial charge < -0.3 is 10.4 Å². The lowest BCUT2D eigenvalue weighted by Gasteiger charge is -2.30. The standard InChI is InChI=1S/C31H41F3N2O4/c1-3-5-6-7-8-9-10-11-12-13-22-35-28(37)24-16-20-26(21-17-24)36(29(38)30(39)40)27(4-2)23-14-18-25(19-15-23)31(32,33)34/h14-21,27H,3-13,22H2,1-2H3,(H,35,37)(H,39,40). The molecule has 0 saturated heterocycles. The van der Waals surface area contributed by atoms with Crippen LogP contribution in [0.3, 0.4) is 0 Å². The summed E-state index contributed by atoms with van der Waals surface area (Å²) < 4.78 is 39.0. The van der Waals surface area contributed by atoms with Gasteiger partial charge in [0.25, 0.3) is 5.91 Å². The number of anilines is 1. The molecule has 6 nitrogen and oxygen atoms in total. The Morgan fingerprint density at radius 2 is 1.32 bits per heavy atom. The molecule has 1 atom stereocenters. The Bertz CT molecular complexity index is 1070. The molecule has 0 aliphatic carbocycles. The van der Waals surface area contributed by atoms with Crippen molar-refractivity contribution in [2.75, 3.05) is 11.4 Å². The summed E-state index contributed by atoms with van der Waals surface area (Å²) >= 11 is 0. The molecule has 2 amide bonds. The van der Waals surface area contributed by atoms with Crippen LogP contribution in [0.15, 0.2) is 48.5 Å². The molecule has 0 radical (unpaired) electrons. The van der Waals surface area contributed by atoms with Crippen molar-refractivity contribution in [1.82, 2.24) is 5.32 Å². The molecule has 1 unspecified atom stereocenters. The number of hydrogen-bond acceptors (Lipinski definition) is 3. The third kappa shape index (κ3) is 10.3. The molecule has 0 heterocycles. The smallest absolute Gasteiger partial charge is 0.416 e. The maximum atomic E-state index is 13.0. The summed E-state index contributed by atoms with van der Waals surface area (Å²) in [7, 11) is 0. The second-order valence-corrected chi connectivity index (χ2v) is 10.0. The number of nitrogens with one attached hydrogen (secondary N) is 1. The second-order valence-electron chi connectivity index (χ2n) is 10.0. The lowest BCUT2D eigenvalue weighted by atomic mass is 9.99. The lowest BCUT2D eigenvalue weighted by Crippen LogP contribution is -2.39. The van der Waals surface area contributed by atoms with Crippen molar-refractivity contribution < 1.29 is 32.7 Å². The first kappa shape index (κ1) is 32.8. The third-order valence-electron chi connectivity index (χ3n) is 6.95. The Kier molecular flexibility index (Phi) is 13.7. The minimum absolute atomic E-state index is 0.227. The van der Waals surface area contributed by atoms with E-state index < -0.39 is 29.7 Å². The molecule has 0 bridgehead atoms. The zero-order chi connectivity index (χ0) is 29.5. The largest absolute Gasteiger partial charge is 0.474 e. The average Bonchev–Trinajstić information content (AvgIpc) is 2.93. The zero-order valence-electron chi connectivity index (χ0n) is 23.4. The SMILES string of the molecule is CCCCCCCCCCCCNC(=O)c1ccc(N(C(=O)C(=O)O)C(CC)c2ccc(C(F)(F)F)cc2)cc1. The van der Waals surface area contributed by atoms with Gasteiger partial charge in [-0.05, 0) is 54.8 Å².